The molecule has 0 amide bonds. The SMILES string of the molecule is CCOc1cc(C2=Nc3cccc4cccc(c34)N2)cc([N+](=O)[O-])c1O. The van der Waals surface area contributed by atoms with Crippen molar-refractivity contribution >= 4 is 33.7 Å². The van der Waals surface area contributed by atoms with Crippen LogP contribution < -0.4 is 10.1 Å². The topological polar surface area (TPSA) is 97.0 Å². The summed E-state index contributed by atoms with van der Waals surface area (Å²) in [6.07, 6.45) is 0. The Morgan fingerprint density at radius 2 is 2.00 bits per heavy atom. The van der Waals surface area contributed by atoms with E-state index in [9.17, 15) is 15.2 Å². The molecule has 0 radical (unpaired) electrons. The van der Waals surface area contributed by atoms with E-state index in [2.05, 4.69) is 10.3 Å². The first-order valence-electron chi connectivity index (χ1n) is 8.10. The van der Waals surface area contributed by atoms with Gasteiger partial charge in [0.25, 0.3) is 0 Å². The fourth-order valence-corrected chi connectivity index (χ4v) is 3.07. The van der Waals surface area contributed by atoms with E-state index in [-0.39, 0.29) is 12.4 Å². The maximum Gasteiger partial charge on any atom is 0.315 e. The molecule has 3 aromatic rings. The quantitative estimate of drug-likeness (QED) is 0.539. The number of anilines is 1. The predicted molar refractivity (Wildman–Crippen MR) is 99.7 cm³/mol. The highest BCUT2D eigenvalue weighted by Crippen LogP contribution is 2.40. The van der Waals surface area contributed by atoms with Crippen molar-refractivity contribution in [3.8, 4) is 11.5 Å². The van der Waals surface area contributed by atoms with Crippen molar-refractivity contribution in [3.63, 3.8) is 0 Å². The smallest absolute Gasteiger partial charge is 0.315 e. The summed E-state index contributed by atoms with van der Waals surface area (Å²) in [5.74, 6) is 0.0260. The van der Waals surface area contributed by atoms with E-state index >= 15 is 0 Å². The van der Waals surface area contributed by atoms with Crippen LogP contribution in [0.3, 0.4) is 0 Å². The molecule has 3 aromatic carbocycles. The van der Waals surface area contributed by atoms with Gasteiger partial charge in [-0.1, -0.05) is 24.3 Å². The third-order valence-electron chi connectivity index (χ3n) is 4.19. The van der Waals surface area contributed by atoms with E-state index in [0.29, 0.717) is 11.4 Å². The van der Waals surface area contributed by atoms with Gasteiger partial charge in [-0.2, -0.15) is 0 Å². The molecule has 26 heavy (non-hydrogen) atoms. The summed E-state index contributed by atoms with van der Waals surface area (Å²) in [6, 6.07) is 14.5. The minimum atomic E-state index is -0.639. The monoisotopic (exact) mass is 349 g/mol. The molecule has 0 aliphatic carbocycles. The van der Waals surface area contributed by atoms with Gasteiger partial charge in [0.1, 0.15) is 5.84 Å². The number of aliphatic imine (C=N–C) groups is 1. The molecule has 2 N–H and O–H groups in total. The van der Waals surface area contributed by atoms with E-state index in [4.69, 9.17) is 4.74 Å². The highest BCUT2D eigenvalue weighted by Gasteiger charge is 2.24. The second-order valence-electron chi connectivity index (χ2n) is 5.80. The lowest BCUT2D eigenvalue weighted by Crippen LogP contribution is -2.16. The van der Waals surface area contributed by atoms with Gasteiger partial charge < -0.3 is 15.2 Å². The maximum atomic E-state index is 11.3. The molecule has 7 nitrogen and oxygen atoms in total. The van der Waals surface area contributed by atoms with Gasteiger partial charge in [-0.25, -0.2) is 4.99 Å². The third kappa shape index (κ3) is 2.50. The third-order valence-corrected chi connectivity index (χ3v) is 4.19. The van der Waals surface area contributed by atoms with E-state index < -0.39 is 16.4 Å². The number of benzene rings is 3. The molecule has 0 saturated carbocycles. The fraction of sp³-hybridized carbons (Fsp3) is 0.105. The summed E-state index contributed by atoms with van der Waals surface area (Å²) in [5, 5.41) is 26.6. The number of ether oxygens (including phenoxy) is 1. The standard InChI is InChI=1S/C19H15N3O4/c1-2-26-16-10-12(9-15(18(16)23)22(24)25)19-20-13-7-3-5-11-6-4-8-14(21-19)17(11)13/h3-10,23H,2H2,1H3,(H,20,21). The van der Waals surface area contributed by atoms with Crippen molar-refractivity contribution in [2.24, 2.45) is 4.99 Å². The number of nitrogens with one attached hydrogen (secondary N) is 1. The van der Waals surface area contributed by atoms with Gasteiger partial charge in [-0.15, -0.1) is 0 Å². The maximum absolute atomic E-state index is 11.3. The summed E-state index contributed by atoms with van der Waals surface area (Å²) < 4.78 is 5.35. The minimum absolute atomic E-state index is 0.0540. The lowest BCUT2D eigenvalue weighted by Gasteiger charge is -2.19. The van der Waals surface area contributed by atoms with Crippen molar-refractivity contribution < 1.29 is 14.8 Å². The van der Waals surface area contributed by atoms with Gasteiger partial charge in [-0.05, 0) is 30.5 Å². The van der Waals surface area contributed by atoms with Gasteiger partial charge in [0.15, 0.2) is 5.75 Å². The summed E-state index contributed by atoms with van der Waals surface area (Å²) in [4.78, 5) is 15.3. The Labute approximate surface area is 148 Å². The normalized spacial score (nSPS) is 12.4. The number of nitro benzene ring substituents is 1. The summed E-state index contributed by atoms with van der Waals surface area (Å²) in [7, 11) is 0. The Balaban J connectivity index is 1.90. The van der Waals surface area contributed by atoms with E-state index in [0.717, 1.165) is 22.1 Å². The van der Waals surface area contributed by atoms with Crippen molar-refractivity contribution in [2.75, 3.05) is 11.9 Å². The molecule has 1 heterocycles. The lowest BCUT2D eigenvalue weighted by atomic mass is 10.0. The predicted octanol–water partition coefficient (Wildman–Crippen LogP) is 4.36. The highest BCUT2D eigenvalue weighted by atomic mass is 16.6. The second-order valence-corrected chi connectivity index (χ2v) is 5.80. The van der Waals surface area contributed by atoms with Gasteiger partial charge in [-0.3, -0.25) is 10.1 Å². The van der Waals surface area contributed by atoms with Crippen LogP contribution in [0.1, 0.15) is 12.5 Å². The number of hydrogen-bond acceptors (Lipinski definition) is 6. The van der Waals surface area contributed by atoms with Crippen LogP contribution in [-0.2, 0) is 0 Å². The molecule has 0 saturated heterocycles. The average molecular weight is 349 g/mol. The van der Waals surface area contributed by atoms with Gasteiger partial charge in [0.05, 0.1) is 17.2 Å². The first-order valence-corrected chi connectivity index (χ1v) is 8.10. The van der Waals surface area contributed by atoms with Crippen LogP contribution in [0, 0.1) is 10.1 Å². The van der Waals surface area contributed by atoms with E-state index in [1.807, 2.05) is 36.4 Å². The number of hydrogen-bond donors (Lipinski definition) is 2. The molecule has 1 aliphatic heterocycles. The molecular weight excluding hydrogens is 334 g/mol. The Morgan fingerprint density at radius 3 is 2.73 bits per heavy atom. The molecule has 7 heteroatoms. The largest absolute Gasteiger partial charge is 0.500 e. The number of nitrogens with zero attached hydrogens (tertiary/aromatic N) is 2. The van der Waals surface area contributed by atoms with E-state index in [1.54, 1.807) is 13.0 Å². The molecule has 0 unspecified atom stereocenters. The minimum Gasteiger partial charge on any atom is -0.500 e. The van der Waals surface area contributed by atoms with Crippen LogP contribution in [-0.4, -0.2) is 22.5 Å². The molecule has 130 valence electrons. The Kier molecular flexibility index (Phi) is 3.69. The zero-order valence-electron chi connectivity index (χ0n) is 13.9. The average Bonchev–Trinajstić information content (AvgIpc) is 2.63. The van der Waals surface area contributed by atoms with Crippen LogP contribution in [0.5, 0.6) is 11.5 Å². The highest BCUT2D eigenvalue weighted by molar-refractivity contribution is 6.19. The van der Waals surface area contributed by atoms with Crippen LogP contribution in [0.25, 0.3) is 10.8 Å². The fourth-order valence-electron chi connectivity index (χ4n) is 3.07. The molecule has 0 aromatic heterocycles. The van der Waals surface area contributed by atoms with Crippen molar-refractivity contribution in [1.82, 2.24) is 0 Å². The first-order chi connectivity index (χ1) is 12.6. The lowest BCUT2D eigenvalue weighted by molar-refractivity contribution is -0.386. The molecule has 0 spiro atoms. The second kappa shape index (κ2) is 6.03. The number of phenols is 1. The van der Waals surface area contributed by atoms with Crippen molar-refractivity contribution in [3.05, 3.63) is 64.2 Å². The molecule has 0 bridgehead atoms. The van der Waals surface area contributed by atoms with Gasteiger partial charge >= 0.3 is 5.69 Å². The molecule has 0 atom stereocenters. The summed E-state index contributed by atoms with van der Waals surface area (Å²) in [5.41, 5.74) is 1.69. The molecule has 1 aliphatic rings. The number of amidine groups is 1. The number of phenolic OH excluding ortho intramolecular Hbond substituents is 1. The number of nitro groups is 1. The van der Waals surface area contributed by atoms with Gasteiger partial charge in [0.2, 0.25) is 5.75 Å². The van der Waals surface area contributed by atoms with Crippen LogP contribution in [0.4, 0.5) is 17.1 Å². The van der Waals surface area contributed by atoms with Gasteiger partial charge in [0, 0.05) is 22.7 Å². The van der Waals surface area contributed by atoms with Crippen molar-refractivity contribution in [2.45, 2.75) is 6.92 Å². The number of aromatic hydroxyl groups is 1. The zero-order chi connectivity index (χ0) is 18.3. The molecule has 4 rings (SSSR count). The Morgan fingerprint density at radius 1 is 1.23 bits per heavy atom. The van der Waals surface area contributed by atoms with Crippen LogP contribution in [0.2, 0.25) is 0 Å². The first kappa shape index (κ1) is 15.9. The number of rotatable bonds is 4. The molecular formula is C19H15N3O4. The van der Waals surface area contributed by atoms with Crippen LogP contribution >= 0.6 is 0 Å². The summed E-state index contributed by atoms with van der Waals surface area (Å²) >= 11 is 0. The van der Waals surface area contributed by atoms with Crippen LogP contribution in [0.15, 0.2) is 53.5 Å². The van der Waals surface area contributed by atoms with Crippen molar-refractivity contribution in [1.29, 1.82) is 0 Å². The Bertz CT molecular complexity index is 1070. The molecule has 0 fully saturated rings. The summed E-state index contributed by atoms with van der Waals surface area (Å²) in [6.45, 7) is 2.02. The van der Waals surface area contributed by atoms with E-state index in [1.165, 1.54) is 6.07 Å². The zero-order valence-corrected chi connectivity index (χ0v) is 13.9. The Hall–Kier alpha value is -3.61.